The molecule has 3 aromatic rings. The summed E-state index contributed by atoms with van der Waals surface area (Å²) in [5.74, 6) is 0.102. The van der Waals surface area contributed by atoms with Crippen LogP contribution in [0, 0.1) is 13.8 Å². The number of hydrogen-bond acceptors (Lipinski definition) is 4. The number of anilines is 1. The van der Waals surface area contributed by atoms with Crippen molar-refractivity contribution in [3.8, 4) is 5.75 Å². The van der Waals surface area contributed by atoms with Gasteiger partial charge < -0.3 is 10.1 Å². The largest absolute Gasteiger partial charge is 0.488 e. The van der Waals surface area contributed by atoms with Crippen molar-refractivity contribution in [1.29, 1.82) is 0 Å². The molecule has 3 rings (SSSR count). The fraction of sp³-hybridized carbons (Fsp3) is 0.192. The number of nitrogens with one attached hydrogen (secondary N) is 2. The maximum absolute atomic E-state index is 12.2. The third kappa shape index (κ3) is 7.88. The van der Waals surface area contributed by atoms with Crippen molar-refractivity contribution in [2.45, 2.75) is 33.3 Å². The molecule has 0 radical (unpaired) electrons. The minimum absolute atomic E-state index is 0.0368. The summed E-state index contributed by atoms with van der Waals surface area (Å²) in [5.41, 5.74) is 7.10. The van der Waals surface area contributed by atoms with Gasteiger partial charge in [-0.15, -0.1) is 0 Å². The van der Waals surface area contributed by atoms with E-state index in [9.17, 15) is 9.59 Å². The number of amides is 2. The number of rotatable bonds is 9. The van der Waals surface area contributed by atoms with E-state index in [4.69, 9.17) is 4.74 Å². The van der Waals surface area contributed by atoms with Crippen molar-refractivity contribution in [2.75, 3.05) is 5.32 Å². The number of carbonyl (C=O) groups is 2. The fourth-order valence-corrected chi connectivity index (χ4v) is 3.58. The molecule has 0 saturated heterocycles. The molecule has 2 amide bonds. The molecule has 0 heterocycles. The predicted octanol–water partition coefficient (Wildman–Crippen LogP) is 5.51. The number of ether oxygens (including phenoxy) is 1. The third-order valence-electron chi connectivity index (χ3n) is 4.83. The average Bonchev–Trinajstić information content (AvgIpc) is 2.79. The Morgan fingerprint density at radius 1 is 0.970 bits per heavy atom. The van der Waals surface area contributed by atoms with Gasteiger partial charge in [-0.25, -0.2) is 5.43 Å². The van der Waals surface area contributed by atoms with Crippen LogP contribution in [0.5, 0.6) is 5.75 Å². The Morgan fingerprint density at radius 2 is 1.76 bits per heavy atom. The Balaban J connectivity index is 1.47. The second-order valence-corrected chi connectivity index (χ2v) is 8.53. The molecule has 0 aliphatic carbocycles. The van der Waals surface area contributed by atoms with Gasteiger partial charge in [0.25, 0.3) is 0 Å². The number of para-hydroxylation sites is 1. The van der Waals surface area contributed by atoms with Crippen molar-refractivity contribution in [3.63, 3.8) is 0 Å². The summed E-state index contributed by atoms with van der Waals surface area (Å²) >= 11 is 3.45. The van der Waals surface area contributed by atoms with E-state index in [2.05, 4.69) is 31.8 Å². The number of carbonyl (C=O) groups excluding carboxylic acids is 2. The first kappa shape index (κ1) is 24.2. The average molecular weight is 508 g/mol. The van der Waals surface area contributed by atoms with E-state index < -0.39 is 0 Å². The van der Waals surface area contributed by atoms with Gasteiger partial charge in [0.05, 0.1) is 6.21 Å². The summed E-state index contributed by atoms with van der Waals surface area (Å²) in [6.45, 7) is 4.34. The SMILES string of the molecule is Cc1ccc(NC(=O)CCC(=O)NN=Cc2ccccc2OCc2cccc(Br)c2)c(C)c1. The Hall–Kier alpha value is -3.45. The van der Waals surface area contributed by atoms with Gasteiger partial charge >= 0.3 is 0 Å². The maximum atomic E-state index is 12.2. The lowest BCUT2D eigenvalue weighted by Crippen LogP contribution is -2.21. The molecular formula is C26H26BrN3O3. The number of hydrogen-bond donors (Lipinski definition) is 2. The summed E-state index contributed by atoms with van der Waals surface area (Å²) in [4.78, 5) is 24.2. The minimum atomic E-state index is -0.338. The van der Waals surface area contributed by atoms with Crippen LogP contribution < -0.4 is 15.5 Å². The van der Waals surface area contributed by atoms with Crippen molar-refractivity contribution in [3.05, 3.63) is 93.5 Å². The molecule has 3 aromatic carbocycles. The minimum Gasteiger partial charge on any atom is -0.488 e. The zero-order valence-electron chi connectivity index (χ0n) is 18.6. The second kappa shape index (κ2) is 12.0. The summed E-state index contributed by atoms with van der Waals surface area (Å²) in [6.07, 6.45) is 1.64. The zero-order chi connectivity index (χ0) is 23.6. The van der Waals surface area contributed by atoms with Gasteiger partial charge in [-0.2, -0.15) is 5.10 Å². The van der Waals surface area contributed by atoms with E-state index in [1.165, 1.54) is 6.21 Å². The van der Waals surface area contributed by atoms with Gasteiger partial charge in [0.1, 0.15) is 12.4 Å². The predicted molar refractivity (Wildman–Crippen MR) is 134 cm³/mol. The van der Waals surface area contributed by atoms with E-state index >= 15 is 0 Å². The lowest BCUT2D eigenvalue weighted by molar-refractivity contribution is -0.124. The maximum Gasteiger partial charge on any atom is 0.240 e. The monoisotopic (exact) mass is 507 g/mol. The van der Waals surface area contributed by atoms with Gasteiger partial charge in [-0.1, -0.05) is 57.9 Å². The molecule has 0 bridgehead atoms. The second-order valence-electron chi connectivity index (χ2n) is 7.62. The molecule has 0 aliphatic rings. The van der Waals surface area contributed by atoms with Crippen LogP contribution in [-0.4, -0.2) is 18.0 Å². The van der Waals surface area contributed by atoms with Gasteiger partial charge in [0.15, 0.2) is 0 Å². The third-order valence-corrected chi connectivity index (χ3v) is 5.32. The van der Waals surface area contributed by atoms with Gasteiger partial charge in [0.2, 0.25) is 11.8 Å². The smallest absolute Gasteiger partial charge is 0.240 e. The number of halogens is 1. The van der Waals surface area contributed by atoms with Crippen molar-refractivity contribution in [2.24, 2.45) is 5.10 Å². The van der Waals surface area contributed by atoms with Crippen LogP contribution >= 0.6 is 15.9 Å². The number of aryl methyl sites for hydroxylation is 2. The molecule has 0 unspecified atom stereocenters. The Bertz CT molecular complexity index is 1160. The van der Waals surface area contributed by atoms with Crippen LogP contribution in [0.15, 0.2) is 76.3 Å². The molecule has 7 heteroatoms. The van der Waals surface area contributed by atoms with Crippen LogP contribution in [0.1, 0.15) is 35.1 Å². The van der Waals surface area contributed by atoms with Crippen LogP contribution in [0.3, 0.4) is 0 Å². The Morgan fingerprint density at radius 3 is 2.55 bits per heavy atom. The van der Waals surface area contributed by atoms with Crippen molar-refractivity contribution >= 4 is 39.6 Å². The molecule has 0 spiro atoms. The molecule has 170 valence electrons. The van der Waals surface area contributed by atoms with Crippen LogP contribution in [-0.2, 0) is 16.2 Å². The van der Waals surface area contributed by atoms with E-state index in [0.29, 0.717) is 12.4 Å². The van der Waals surface area contributed by atoms with Gasteiger partial charge in [-0.05, 0) is 55.3 Å². The first-order chi connectivity index (χ1) is 15.9. The highest BCUT2D eigenvalue weighted by atomic mass is 79.9. The molecule has 6 nitrogen and oxygen atoms in total. The number of hydrazone groups is 1. The first-order valence-corrected chi connectivity index (χ1v) is 11.4. The van der Waals surface area contributed by atoms with E-state index in [1.807, 2.05) is 80.6 Å². The highest BCUT2D eigenvalue weighted by molar-refractivity contribution is 9.10. The first-order valence-electron chi connectivity index (χ1n) is 10.6. The molecule has 2 N–H and O–H groups in total. The van der Waals surface area contributed by atoms with Crippen molar-refractivity contribution in [1.82, 2.24) is 5.43 Å². The molecule has 0 atom stereocenters. The van der Waals surface area contributed by atoms with Gasteiger partial charge in [0, 0.05) is 28.6 Å². The molecule has 0 fully saturated rings. The molecule has 33 heavy (non-hydrogen) atoms. The summed E-state index contributed by atoms with van der Waals surface area (Å²) in [6, 6.07) is 21.1. The summed E-state index contributed by atoms with van der Waals surface area (Å²) in [5, 5.41) is 6.85. The van der Waals surface area contributed by atoms with Crippen LogP contribution in [0.2, 0.25) is 0 Å². The fourth-order valence-electron chi connectivity index (χ4n) is 3.13. The lowest BCUT2D eigenvalue weighted by Gasteiger charge is -2.09. The Kier molecular flexibility index (Phi) is 8.78. The summed E-state index contributed by atoms with van der Waals surface area (Å²) in [7, 11) is 0. The number of benzene rings is 3. The molecule has 0 saturated carbocycles. The molecular weight excluding hydrogens is 482 g/mol. The van der Waals surface area contributed by atoms with Crippen LogP contribution in [0.25, 0.3) is 0 Å². The molecule has 0 aromatic heterocycles. The highest BCUT2D eigenvalue weighted by Crippen LogP contribution is 2.19. The van der Waals surface area contributed by atoms with Gasteiger partial charge in [-0.3, -0.25) is 9.59 Å². The number of nitrogens with zero attached hydrogens (tertiary/aromatic N) is 1. The topological polar surface area (TPSA) is 79.8 Å². The Labute approximate surface area is 202 Å². The van der Waals surface area contributed by atoms with E-state index in [0.717, 1.165) is 32.4 Å². The quantitative estimate of drug-likeness (QED) is 0.295. The normalized spacial score (nSPS) is 10.8. The van der Waals surface area contributed by atoms with Crippen LogP contribution in [0.4, 0.5) is 5.69 Å². The van der Waals surface area contributed by atoms with E-state index in [1.54, 1.807) is 0 Å². The summed E-state index contributed by atoms with van der Waals surface area (Å²) < 4.78 is 6.90. The van der Waals surface area contributed by atoms with Crippen molar-refractivity contribution < 1.29 is 14.3 Å². The standard InChI is InChI=1S/C26H26BrN3O3/c1-18-10-11-23(19(2)14-18)29-25(31)12-13-26(32)30-28-16-21-7-3-4-9-24(21)33-17-20-6-5-8-22(27)15-20/h3-11,14-16H,12-13,17H2,1-2H3,(H,29,31)(H,30,32). The lowest BCUT2D eigenvalue weighted by atomic mass is 10.1. The zero-order valence-corrected chi connectivity index (χ0v) is 20.2. The molecule has 0 aliphatic heterocycles. The van der Waals surface area contributed by atoms with E-state index in [-0.39, 0.29) is 24.7 Å². The highest BCUT2D eigenvalue weighted by Gasteiger charge is 2.08.